The second-order valence-electron chi connectivity index (χ2n) is 8.14. The highest BCUT2D eigenvalue weighted by molar-refractivity contribution is 7.59. The second kappa shape index (κ2) is 11.5. The van der Waals surface area contributed by atoms with E-state index in [1.54, 1.807) is 38.6 Å². The Morgan fingerprint density at radius 2 is 1.88 bits per heavy atom. The predicted molar refractivity (Wildman–Crippen MR) is 121 cm³/mol. The van der Waals surface area contributed by atoms with Gasteiger partial charge in [-0.15, -0.1) is 0 Å². The molecule has 33 heavy (non-hydrogen) atoms. The molecule has 2 heterocycles. The van der Waals surface area contributed by atoms with Gasteiger partial charge in [-0.2, -0.15) is 0 Å². The first kappa shape index (κ1) is 26.7. The zero-order valence-electron chi connectivity index (χ0n) is 19.4. The van der Waals surface area contributed by atoms with Crippen LogP contribution in [-0.2, 0) is 30.2 Å². The van der Waals surface area contributed by atoms with Crippen LogP contribution in [0, 0.1) is 0 Å². The summed E-state index contributed by atoms with van der Waals surface area (Å²) in [7, 11) is -3.54. The molecule has 0 amide bonds. The van der Waals surface area contributed by atoms with Crippen molar-refractivity contribution in [3.63, 3.8) is 0 Å². The number of carbonyl (C=O) groups is 2. The molecular weight excluding hydrogens is 453 g/mol. The fourth-order valence-corrected chi connectivity index (χ4v) is 5.29. The summed E-state index contributed by atoms with van der Waals surface area (Å²) >= 11 is 0. The Bertz CT molecular complexity index is 1010. The van der Waals surface area contributed by atoms with Crippen molar-refractivity contribution in [3.8, 4) is 0 Å². The molecular formula is C19H32N7O6P. The first-order valence-corrected chi connectivity index (χ1v) is 12.4. The van der Waals surface area contributed by atoms with Crippen molar-refractivity contribution in [2.45, 2.75) is 71.9 Å². The molecule has 2 aromatic rings. The number of aliphatic carboxylic acids is 1. The lowest BCUT2D eigenvalue weighted by atomic mass is 10.3. The fraction of sp³-hybridized carbons (Fsp3) is 0.632. The first-order valence-electron chi connectivity index (χ1n) is 10.5. The number of carbonyl (C=O) groups excluding carboxylic acids is 1. The van der Waals surface area contributed by atoms with Gasteiger partial charge in [-0.05, 0) is 34.6 Å². The third-order valence-electron chi connectivity index (χ3n) is 4.44. The van der Waals surface area contributed by atoms with Crippen LogP contribution in [0.1, 0.15) is 41.0 Å². The molecule has 5 N–H and O–H groups in total. The van der Waals surface area contributed by atoms with Crippen LogP contribution in [0.5, 0.6) is 0 Å². The minimum Gasteiger partial charge on any atom is -0.481 e. The number of esters is 1. The van der Waals surface area contributed by atoms with Gasteiger partial charge in [-0.1, -0.05) is 0 Å². The molecule has 0 aliphatic carbocycles. The lowest BCUT2D eigenvalue weighted by Gasteiger charge is -2.28. The number of ether oxygens (including phenoxy) is 2. The van der Waals surface area contributed by atoms with Crippen molar-refractivity contribution in [1.82, 2.24) is 29.7 Å². The summed E-state index contributed by atoms with van der Waals surface area (Å²) in [5, 5.41) is 14.6. The molecule has 0 radical (unpaired) electrons. The number of fused-ring (bicyclic) bond motifs is 1. The number of carboxylic acid groups (broad SMARTS) is 1. The lowest BCUT2D eigenvalue weighted by molar-refractivity contribution is -0.149. The molecule has 0 spiro atoms. The van der Waals surface area contributed by atoms with Gasteiger partial charge < -0.3 is 24.9 Å². The molecule has 2 aromatic heterocycles. The van der Waals surface area contributed by atoms with Gasteiger partial charge in [-0.3, -0.25) is 14.2 Å². The number of nitrogens with one attached hydrogen (secondary N) is 2. The van der Waals surface area contributed by atoms with Crippen molar-refractivity contribution < 1.29 is 28.7 Å². The quantitative estimate of drug-likeness (QED) is 0.236. The molecule has 184 valence electrons. The van der Waals surface area contributed by atoms with Crippen LogP contribution < -0.4 is 15.9 Å². The van der Waals surface area contributed by atoms with Crippen LogP contribution >= 0.6 is 7.44 Å². The van der Waals surface area contributed by atoms with E-state index < -0.39 is 37.6 Å². The van der Waals surface area contributed by atoms with E-state index >= 15 is 0 Å². The number of rotatable bonds is 13. The third-order valence-corrected chi connectivity index (χ3v) is 6.62. The Balaban J connectivity index is 2.08. The van der Waals surface area contributed by atoms with Crippen molar-refractivity contribution in [1.29, 1.82) is 0 Å². The molecule has 14 heteroatoms. The number of carboxylic acids is 1. The molecule has 4 unspecified atom stereocenters. The summed E-state index contributed by atoms with van der Waals surface area (Å²) in [6.45, 7) is 8.64. The van der Waals surface area contributed by atoms with Gasteiger partial charge in [0.25, 0.3) is 0 Å². The van der Waals surface area contributed by atoms with E-state index in [0.29, 0.717) is 17.7 Å². The summed E-state index contributed by atoms with van der Waals surface area (Å²) in [5.41, 5.74) is 6.82. The average Bonchev–Trinajstić information content (AvgIpc) is 3.09. The molecule has 0 aliphatic rings. The van der Waals surface area contributed by atoms with Crippen LogP contribution in [0.25, 0.3) is 11.2 Å². The Kier molecular flexibility index (Phi) is 9.29. The number of hydrogen-bond donors (Lipinski definition) is 4. The molecule has 0 saturated heterocycles. The summed E-state index contributed by atoms with van der Waals surface area (Å²) < 4.78 is 26.3. The largest absolute Gasteiger partial charge is 0.481 e. The maximum atomic E-state index is 13.6. The number of anilines is 1. The summed E-state index contributed by atoms with van der Waals surface area (Å²) in [6.07, 6.45) is 1.59. The highest BCUT2D eigenvalue weighted by Gasteiger charge is 2.31. The molecule has 4 atom stereocenters. The van der Waals surface area contributed by atoms with Crippen LogP contribution in [0.3, 0.4) is 0 Å². The smallest absolute Gasteiger partial charge is 0.323 e. The zero-order chi connectivity index (χ0) is 24.8. The summed E-state index contributed by atoms with van der Waals surface area (Å²) in [5.74, 6) is -1.36. The van der Waals surface area contributed by atoms with Gasteiger partial charge in [0.15, 0.2) is 11.5 Å². The van der Waals surface area contributed by atoms with E-state index in [4.69, 9.17) is 20.3 Å². The monoisotopic (exact) mass is 485 g/mol. The van der Waals surface area contributed by atoms with Crippen molar-refractivity contribution in [3.05, 3.63) is 12.7 Å². The van der Waals surface area contributed by atoms with Crippen LogP contribution in [0.15, 0.2) is 12.7 Å². The molecule has 0 aliphatic heterocycles. The highest BCUT2D eigenvalue weighted by Crippen LogP contribution is 2.38. The number of nitrogens with zero attached hydrogens (tertiary/aromatic N) is 4. The topological polar surface area (TPSA) is 184 Å². The van der Waals surface area contributed by atoms with Gasteiger partial charge in [0.1, 0.15) is 24.2 Å². The fourth-order valence-electron chi connectivity index (χ4n) is 3.07. The predicted octanol–water partition coefficient (Wildman–Crippen LogP) is 1.35. The number of hydrogen-bond acceptors (Lipinski definition) is 9. The van der Waals surface area contributed by atoms with E-state index in [2.05, 4.69) is 25.1 Å². The number of nitrogen functional groups attached to an aromatic ring is 1. The maximum Gasteiger partial charge on any atom is 0.323 e. The Labute approximate surface area is 191 Å². The normalized spacial score (nSPS) is 16.3. The SMILES string of the molecule is CC(CC(=O)O)NP(=O)(COC(C)Cn1cnc2c(N)ncnc21)NC(C)C(=O)OC(C)C. The van der Waals surface area contributed by atoms with E-state index in [9.17, 15) is 14.2 Å². The van der Waals surface area contributed by atoms with Crippen LogP contribution in [-0.4, -0.2) is 67.2 Å². The van der Waals surface area contributed by atoms with E-state index in [0.717, 1.165) is 0 Å². The molecule has 13 nitrogen and oxygen atoms in total. The van der Waals surface area contributed by atoms with E-state index in [-0.39, 0.29) is 24.7 Å². The number of aromatic nitrogens is 4. The van der Waals surface area contributed by atoms with E-state index in [1.807, 2.05) is 0 Å². The molecule has 2 rings (SSSR count). The van der Waals surface area contributed by atoms with Crippen molar-refractivity contribution in [2.24, 2.45) is 0 Å². The van der Waals surface area contributed by atoms with Crippen LogP contribution in [0.4, 0.5) is 5.82 Å². The molecule has 0 saturated carbocycles. The first-order chi connectivity index (χ1) is 15.4. The van der Waals surface area contributed by atoms with Crippen molar-refractivity contribution in [2.75, 3.05) is 12.1 Å². The summed E-state index contributed by atoms with van der Waals surface area (Å²) in [4.78, 5) is 35.5. The van der Waals surface area contributed by atoms with E-state index in [1.165, 1.54) is 13.3 Å². The molecule has 0 bridgehead atoms. The Morgan fingerprint density at radius 1 is 1.18 bits per heavy atom. The van der Waals surface area contributed by atoms with Gasteiger partial charge in [0.05, 0.1) is 31.5 Å². The maximum absolute atomic E-state index is 13.6. The minimum atomic E-state index is -3.54. The van der Waals surface area contributed by atoms with Crippen LogP contribution in [0.2, 0.25) is 0 Å². The highest BCUT2D eigenvalue weighted by atomic mass is 31.2. The minimum absolute atomic E-state index is 0.256. The molecule has 0 aromatic carbocycles. The van der Waals surface area contributed by atoms with Crippen molar-refractivity contribution >= 4 is 36.4 Å². The number of imidazole rings is 1. The molecule has 0 fully saturated rings. The van der Waals surface area contributed by atoms with Gasteiger partial charge >= 0.3 is 11.9 Å². The lowest BCUT2D eigenvalue weighted by Crippen LogP contribution is -2.41. The second-order valence-corrected chi connectivity index (χ2v) is 10.4. The summed E-state index contributed by atoms with van der Waals surface area (Å²) in [6, 6.07) is -1.54. The Morgan fingerprint density at radius 3 is 2.52 bits per heavy atom. The van der Waals surface area contributed by atoms with Gasteiger partial charge in [0, 0.05) is 6.04 Å². The standard InChI is InChI=1S/C19H32N7O6P/c1-11(2)32-19(29)14(5)25-33(30,24-12(3)6-15(27)28)10-31-13(4)7-26-9-23-16-17(20)21-8-22-18(16)26/h8-9,11-14H,6-7,10H2,1-5H3,(H,27,28)(H2,20,21,22)(H2,24,25,30). The zero-order valence-corrected chi connectivity index (χ0v) is 20.3. The number of nitrogens with two attached hydrogens (primary N) is 1. The average molecular weight is 485 g/mol. The van der Waals surface area contributed by atoms with Gasteiger partial charge in [0.2, 0.25) is 7.44 Å². The third kappa shape index (κ3) is 8.04. The Hall–Kier alpha value is -2.60. The van der Waals surface area contributed by atoms with Gasteiger partial charge in [-0.25, -0.2) is 25.1 Å².